The Hall–Kier alpha value is -2.18. The molecule has 0 fully saturated rings. The van der Waals surface area contributed by atoms with Crippen molar-refractivity contribution in [1.29, 1.82) is 0 Å². The zero-order chi connectivity index (χ0) is 18.0. The van der Waals surface area contributed by atoms with Crippen LogP contribution in [-0.2, 0) is 18.6 Å². The molecule has 0 radical (unpaired) electrons. The van der Waals surface area contributed by atoms with E-state index in [4.69, 9.17) is 5.11 Å². The Balaban J connectivity index is 1.78. The molecule has 0 saturated carbocycles. The molecule has 1 atom stereocenters. The van der Waals surface area contributed by atoms with Crippen molar-refractivity contribution in [2.75, 3.05) is 23.4 Å². The summed E-state index contributed by atoms with van der Waals surface area (Å²) in [7, 11) is 0. The summed E-state index contributed by atoms with van der Waals surface area (Å²) in [5.41, 5.74) is 2.68. The van der Waals surface area contributed by atoms with Gasteiger partial charge in [-0.1, -0.05) is 18.2 Å². The van der Waals surface area contributed by atoms with Gasteiger partial charge in [0.2, 0.25) is 0 Å². The normalized spacial score (nSPS) is 15.6. The summed E-state index contributed by atoms with van der Waals surface area (Å²) in [5.74, 6) is 1.59. The van der Waals surface area contributed by atoms with Crippen LogP contribution in [0.15, 0.2) is 30.6 Å². The lowest BCUT2D eigenvalue weighted by Gasteiger charge is -2.31. The van der Waals surface area contributed by atoms with Gasteiger partial charge in [0.15, 0.2) is 0 Å². The highest BCUT2D eigenvalue weighted by atomic mass is 16.3. The Bertz CT molecular complexity index is 742. The van der Waals surface area contributed by atoms with Gasteiger partial charge in [-0.25, -0.2) is 9.97 Å². The highest BCUT2D eigenvalue weighted by molar-refractivity contribution is 5.51. The molecule has 134 valence electrons. The van der Waals surface area contributed by atoms with Crippen LogP contribution < -0.4 is 10.2 Å². The Morgan fingerprint density at radius 2 is 2.04 bits per heavy atom. The van der Waals surface area contributed by atoms with Gasteiger partial charge >= 0.3 is 0 Å². The summed E-state index contributed by atoms with van der Waals surface area (Å²) in [5, 5.41) is 22.5. The van der Waals surface area contributed by atoms with Gasteiger partial charge in [0.05, 0.1) is 12.2 Å². The highest BCUT2D eigenvalue weighted by Gasteiger charge is 2.22. The number of fused-ring (bicyclic) bond motifs is 1. The van der Waals surface area contributed by atoms with Crippen LogP contribution in [0.4, 0.5) is 11.6 Å². The fourth-order valence-electron chi connectivity index (χ4n) is 3.03. The third kappa shape index (κ3) is 4.08. The third-order valence-electron chi connectivity index (χ3n) is 4.57. The number of rotatable bonds is 5. The van der Waals surface area contributed by atoms with E-state index < -0.39 is 5.60 Å². The van der Waals surface area contributed by atoms with Crippen LogP contribution in [0, 0.1) is 0 Å². The summed E-state index contributed by atoms with van der Waals surface area (Å²) < 4.78 is 0. The van der Waals surface area contributed by atoms with Crippen LogP contribution in [0.5, 0.6) is 0 Å². The van der Waals surface area contributed by atoms with E-state index >= 15 is 0 Å². The first-order valence-electron chi connectivity index (χ1n) is 8.66. The maximum atomic E-state index is 10.2. The van der Waals surface area contributed by atoms with Crippen molar-refractivity contribution in [2.45, 2.75) is 45.4 Å². The zero-order valence-corrected chi connectivity index (χ0v) is 15.0. The van der Waals surface area contributed by atoms with Crippen LogP contribution in [0.3, 0.4) is 0 Å². The number of hydrogen-bond donors (Lipinski definition) is 3. The van der Waals surface area contributed by atoms with Gasteiger partial charge in [-0.3, -0.25) is 0 Å². The highest BCUT2D eigenvalue weighted by Crippen LogP contribution is 2.28. The predicted octanol–water partition coefficient (Wildman–Crippen LogP) is 2.06. The topological polar surface area (TPSA) is 81.5 Å². The van der Waals surface area contributed by atoms with E-state index in [0.717, 1.165) is 36.7 Å². The minimum atomic E-state index is -0.817. The molecule has 6 nitrogen and oxygen atoms in total. The first-order valence-corrected chi connectivity index (χ1v) is 8.66. The predicted molar refractivity (Wildman–Crippen MR) is 98.6 cm³/mol. The molecule has 1 aliphatic heterocycles. The second-order valence-corrected chi connectivity index (χ2v) is 7.20. The zero-order valence-electron chi connectivity index (χ0n) is 15.0. The van der Waals surface area contributed by atoms with E-state index in [9.17, 15) is 5.11 Å². The van der Waals surface area contributed by atoms with Gasteiger partial charge in [0.25, 0.3) is 0 Å². The number of aromatic nitrogens is 2. The summed E-state index contributed by atoms with van der Waals surface area (Å²) >= 11 is 0. The molecule has 25 heavy (non-hydrogen) atoms. The smallest absolute Gasteiger partial charge is 0.134 e. The molecule has 3 rings (SSSR count). The van der Waals surface area contributed by atoms with E-state index in [0.29, 0.717) is 0 Å². The first kappa shape index (κ1) is 17.6. The number of hydrogen-bond acceptors (Lipinski definition) is 6. The van der Waals surface area contributed by atoms with Gasteiger partial charge in [-0.2, -0.15) is 0 Å². The molecule has 3 N–H and O–H groups in total. The van der Waals surface area contributed by atoms with Gasteiger partial charge in [-0.15, -0.1) is 0 Å². The number of benzene rings is 1. The lowest BCUT2D eigenvalue weighted by molar-refractivity contribution is 0.0785. The number of aliphatic hydroxyl groups is 2. The average molecular weight is 342 g/mol. The van der Waals surface area contributed by atoms with E-state index in [1.807, 2.05) is 32.9 Å². The fraction of sp³-hybridized carbons (Fsp3) is 0.474. The van der Waals surface area contributed by atoms with E-state index in [1.165, 1.54) is 11.1 Å². The van der Waals surface area contributed by atoms with Crippen LogP contribution in [0.1, 0.15) is 37.5 Å². The quantitative estimate of drug-likeness (QED) is 0.772. The van der Waals surface area contributed by atoms with Gasteiger partial charge < -0.3 is 20.4 Å². The molecular formula is C19H26N4O2. The summed E-state index contributed by atoms with van der Waals surface area (Å²) in [6.45, 7) is 7.24. The van der Waals surface area contributed by atoms with Crippen molar-refractivity contribution in [2.24, 2.45) is 0 Å². The van der Waals surface area contributed by atoms with Gasteiger partial charge in [0.1, 0.15) is 18.0 Å². The van der Waals surface area contributed by atoms with Crippen LogP contribution in [-0.4, -0.2) is 39.4 Å². The second-order valence-electron chi connectivity index (χ2n) is 7.20. The summed E-state index contributed by atoms with van der Waals surface area (Å²) in [6.07, 6.45) is 2.47. The maximum Gasteiger partial charge on any atom is 0.134 e. The first-order chi connectivity index (χ1) is 11.9. The monoisotopic (exact) mass is 342 g/mol. The van der Waals surface area contributed by atoms with Crippen molar-refractivity contribution in [3.8, 4) is 0 Å². The molecule has 0 amide bonds. The number of nitrogens with one attached hydrogen (secondary N) is 1. The Labute approximate surface area is 148 Å². The van der Waals surface area contributed by atoms with Gasteiger partial charge in [0, 0.05) is 25.2 Å². The standard InChI is InChI=1S/C19H26N4O2/c1-13(11-24)22-17-9-18(21-12-20-17)23-7-6-14-8-16(19(2,3)25)5-4-15(14)10-23/h4-5,8-9,12-13,24-25H,6-7,10-11H2,1-3H3,(H,20,21,22)/t13-/m0/s1. The third-order valence-corrected chi connectivity index (χ3v) is 4.57. The lowest BCUT2D eigenvalue weighted by Crippen LogP contribution is -2.31. The number of anilines is 2. The second kappa shape index (κ2) is 6.98. The molecule has 0 bridgehead atoms. The Morgan fingerprint density at radius 3 is 2.76 bits per heavy atom. The minimum Gasteiger partial charge on any atom is -0.394 e. The van der Waals surface area contributed by atoms with Crippen LogP contribution in [0.25, 0.3) is 0 Å². The molecule has 0 saturated heterocycles. The van der Waals surface area contributed by atoms with E-state index in [1.54, 1.807) is 6.33 Å². The van der Waals surface area contributed by atoms with Crippen molar-refractivity contribution >= 4 is 11.6 Å². The maximum absolute atomic E-state index is 10.2. The minimum absolute atomic E-state index is 0.0508. The molecule has 6 heteroatoms. The fourth-order valence-corrected chi connectivity index (χ4v) is 3.03. The van der Waals surface area contributed by atoms with Gasteiger partial charge in [-0.05, 0) is 43.9 Å². The Kier molecular flexibility index (Phi) is 4.92. The molecule has 1 aromatic heterocycles. The van der Waals surface area contributed by atoms with Crippen LogP contribution >= 0.6 is 0 Å². The lowest BCUT2D eigenvalue weighted by atomic mass is 9.91. The van der Waals surface area contributed by atoms with E-state index in [2.05, 4.69) is 32.3 Å². The molecule has 1 aliphatic rings. The molecule has 2 aromatic rings. The molecular weight excluding hydrogens is 316 g/mol. The molecule has 0 unspecified atom stereocenters. The van der Waals surface area contributed by atoms with Crippen molar-refractivity contribution in [3.05, 3.63) is 47.3 Å². The molecule has 2 heterocycles. The van der Waals surface area contributed by atoms with E-state index in [-0.39, 0.29) is 12.6 Å². The average Bonchev–Trinajstić information content (AvgIpc) is 2.60. The SMILES string of the molecule is C[C@@H](CO)Nc1cc(N2CCc3cc(C(C)(C)O)ccc3C2)ncn1. The molecule has 0 spiro atoms. The number of nitrogens with zero attached hydrogens (tertiary/aromatic N) is 3. The molecule has 1 aromatic carbocycles. The largest absolute Gasteiger partial charge is 0.394 e. The van der Waals surface area contributed by atoms with Crippen molar-refractivity contribution < 1.29 is 10.2 Å². The Morgan fingerprint density at radius 1 is 1.24 bits per heavy atom. The van der Waals surface area contributed by atoms with Crippen molar-refractivity contribution in [3.63, 3.8) is 0 Å². The number of aliphatic hydroxyl groups excluding tert-OH is 1. The molecule has 0 aliphatic carbocycles. The van der Waals surface area contributed by atoms with Crippen molar-refractivity contribution in [1.82, 2.24) is 9.97 Å². The summed E-state index contributed by atoms with van der Waals surface area (Å²) in [4.78, 5) is 10.8. The summed E-state index contributed by atoms with van der Waals surface area (Å²) in [6, 6.07) is 8.08. The van der Waals surface area contributed by atoms with Crippen LogP contribution in [0.2, 0.25) is 0 Å².